The number of nitrogens with one attached hydrogen (secondary N) is 2. The number of amides is 2. The van der Waals surface area contributed by atoms with E-state index in [4.69, 9.17) is 0 Å². The summed E-state index contributed by atoms with van der Waals surface area (Å²) in [5.74, 6) is 2.19. The maximum absolute atomic E-state index is 12.5. The van der Waals surface area contributed by atoms with E-state index in [1.54, 1.807) is 6.20 Å². The van der Waals surface area contributed by atoms with Crippen molar-refractivity contribution in [1.82, 2.24) is 20.1 Å². The van der Waals surface area contributed by atoms with Gasteiger partial charge < -0.3 is 20.4 Å². The van der Waals surface area contributed by atoms with Crippen LogP contribution in [0.1, 0.15) is 11.1 Å². The Morgan fingerprint density at radius 2 is 1.70 bits per heavy atom. The summed E-state index contributed by atoms with van der Waals surface area (Å²) in [5.41, 5.74) is 3.06. The standard InChI is InChI=1S/C22H25N7O/c1-16-4-3-5-18(14-16)24-22(30)29-12-10-28(11-13-29)21-7-6-19(26-27-21)25-20-15-17(2)8-9-23-20/h3-9,14-15H,10-13H2,1-2H3,(H,24,30)(H,23,25,26). The van der Waals surface area contributed by atoms with E-state index in [0.29, 0.717) is 32.0 Å². The number of carbonyl (C=O) groups excluding carboxylic acids is 1. The zero-order valence-corrected chi connectivity index (χ0v) is 17.2. The van der Waals surface area contributed by atoms with Crippen LogP contribution in [0.2, 0.25) is 0 Å². The monoisotopic (exact) mass is 403 g/mol. The summed E-state index contributed by atoms with van der Waals surface area (Å²) in [4.78, 5) is 20.8. The lowest BCUT2D eigenvalue weighted by Crippen LogP contribution is -2.50. The highest BCUT2D eigenvalue weighted by Gasteiger charge is 2.22. The molecule has 0 spiro atoms. The fourth-order valence-electron chi connectivity index (χ4n) is 3.36. The molecule has 2 N–H and O–H groups in total. The summed E-state index contributed by atoms with van der Waals surface area (Å²) < 4.78 is 0. The van der Waals surface area contributed by atoms with Crippen LogP contribution in [0.25, 0.3) is 0 Å². The molecule has 8 nitrogen and oxygen atoms in total. The average Bonchev–Trinajstić information content (AvgIpc) is 2.74. The van der Waals surface area contributed by atoms with Crippen molar-refractivity contribution >= 4 is 29.2 Å². The molecule has 1 saturated heterocycles. The second kappa shape index (κ2) is 8.77. The van der Waals surface area contributed by atoms with E-state index in [2.05, 4.69) is 30.7 Å². The molecule has 0 atom stereocenters. The molecule has 1 aliphatic heterocycles. The van der Waals surface area contributed by atoms with Crippen molar-refractivity contribution in [2.75, 3.05) is 41.7 Å². The van der Waals surface area contributed by atoms with Crippen LogP contribution >= 0.6 is 0 Å². The predicted octanol–water partition coefficient (Wildman–Crippen LogP) is 3.59. The van der Waals surface area contributed by atoms with Crippen molar-refractivity contribution in [2.45, 2.75) is 13.8 Å². The molecule has 8 heteroatoms. The molecule has 1 aliphatic rings. The van der Waals surface area contributed by atoms with Gasteiger partial charge in [0, 0.05) is 38.1 Å². The zero-order valence-electron chi connectivity index (χ0n) is 17.2. The first kappa shape index (κ1) is 19.6. The lowest BCUT2D eigenvalue weighted by Gasteiger charge is -2.35. The van der Waals surface area contributed by atoms with Crippen molar-refractivity contribution in [3.8, 4) is 0 Å². The molecule has 1 aromatic carbocycles. The summed E-state index contributed by atoms with van der Waals surface area (Å²) >= 11 is 0. The fourth-order valence-corrected chi connectivity index (χ4v) is 3.36. The largest absolute Gasteiger partial charge is 0.352 e. The molecule has 3 heterocycles. The van der Waals surface area contributed by atoms with Crippen molar-refractivity contribution in [2.24, 2.45) is 0 Å². The number of urea groups is 1. The van der Waals surface area contributed by atoms with Gasteiger partial charge >= 0.3 is 6.03 Å². The van der Waals surface area contributed by atoms with E-state index < -0.39 is 0 Å². The number of piperazine rings is 1. The Morgan fingerprint density at radius 3 is 2.40 bits per heavy atom. The number of rotatable bonds is 4. The van der Waals surface area contributed by atoms with Crippen molar-refractivity contribution < 1.29 is 4.79 Å². The molecule has 2 aromatic heterocycles. The Kier molecular flexibility index (Phi) is 5.74. The molecule has 154 valence electrons. The normalized spacial score (nSPS) is 13.8. The number of hydrogen-bond acceptors (Lipinski definition) is 6. The van der Waals surface area contributed by atoms with E-state index in [-0.39, 0.29) is 6.03 Å². The number of nitrogens with zero attached hydrogens (tertiary/aromatic N) is 5. The zero-order chi connectivity index (χ0) is 20.9. The fraction of sp³-hybridized carbons (Fsp3) is 0.273. The quantitative estimate of drug-likeness (QED) is 0.692. The molecule has 30 heavy (non-hydrogen) atoms. The van der Waals surface area contributed by atoms with Crippen LogP contribution in [-0.2, 0) is 0 Å². The molecular formula is C22H25N7O. The Morgan fingerprint density at radius 1 is 0.900 bits per heavy atom. The molecule has 0 unspecified atom stereocenters. The highest BCUT2D eigenvalue weighted by molar-refractivity contribution is 5.89. The number of pyridine rings is 1. The van der Waals surface area contributed by atoms with Gasteiger partial charge in [0.2, 0.25) is 0 Å². The molecule has 0 bridgehead atoms. The minimum Gasteiger partial charge on any atom is -0.352 e. The van der Waals surface area contributed by atoms with Gasteiger partial charge in [-0.15, -0.1) is 10.2 Å². The van der Waals surface area contributed by atoms with Crippen LogP contribution in [0, 0.1) is 13.8 Å². The van der Waals surface area contributed by atoms with E-state index in [1.165, 1.54) is 0 Å². The number of aryl methyl sites for hydroxylation is 2. The predicted molar refractivity (Wildman–Crippen MR) is 118 cm³/mol. The average molecular weight is 403 g/mol. The Balaban J connectivity index is 1.31. The van der Waals surface area contributed by atoms with E-state index in [9.17, 15) is 4.79 Å². The Labute approximate surface area is 176 Å². The molecule has 4 rings (SSSR count). The smallest absolute Gasteiger partial charge is 0.321 e. The topological polar surface area (TPSA) is 86.3 Å². The first-order valence-corrected chi connectivity index (χ1v) is 9.98. The first-order chi connectivity index (χ1) is 14.6. The van der Waals surface area contributed by atoms with Crippen molar-refractivity contribution in [1.29, 1.82) is 0 Å². The molecular weight excluding hydrogens is 378 g/mol. The summed E-state index contributed by atoms with van der Waals surface area (Å²) in [6, 6.07) is 15.5. The first-order valence-electron chi connectivity index (χ1n) is 9.98. The third kappa shape index (κ3) is 4.83. The number of anilines is 4. The van der Waals surface area contributed by atoms with Crippen molar-refractivity contribution in [3.63, 3.8) is 0 Å². The third-order valence-corrected chi connectivity index (χ3v) is 4.98. The lowest BCUT2D eigenvalue weighted by molar-refractivity contribution is 0.208. The highest BCUT2D eigenvalue weighted by Crippen LogP contribution is 2.18. The van der Waals surface area contributed by atoms with Gasteiger partial charge in [-0.2, -0.15) is 0 Å². The van der Waals surface area contributed by atoms with Crippen molar-refractivity contribution in [3.05, 3.63) is 65.9 Å². The lowest BCUT2D eigenvalue weighted by atomic mass is 10.2. The molecule has 0 radical (unpaired) electrons. The van der Waals surface area contributed by atoms with Crippen LogP contribution in [0.15, 0.2) is 54.7 Å². The summed E-state index contributed by atoms with van der Waals surface area (Å²) in [6.07, 6.45) is 1.76. The van der Waals surface area contributed by atoms with E-state index >= 15 is 0 Å². The van der Waals surface area contributed by atoms with Gasteiger partial charge in [-0.3, -0.25) is 0 Å². The SMILES string of the molecule is Cc1cccc(NC(=O)N2CCN(c3ccc(Nc4cc(C)ccn4)nn3)CC2)c1. The summed E-state index contributed by atoms with van der Waals surface area (Å²) in [5, 5.41) is 14.7. The molecule has 3 aromatic rings. The summed E-state index contributed by atoms with van der Waals surface area (Å²) in [6.45, 7) is 6.71. The van der Waals surface area contributed by atoms with Crippen LogP contribution in [0.3, 0.4) is 0 Å². The van der Waals surface area contributed by atoms with E-state index in [1.807, 2.05) is 67.3 Å². The molecule has 1 fully saturated rings. The van der Waals surface area contributed by atoms with Gasteiger partial charge in [0.05, 0.1) is 0 Å². The maximum atomic E-state index is 12.5. The molecule has 0 aliphatic carbocycles. The Bertz CT molecular complexity index is 1010. The van der Waals surface area contributed by atoms with E-state index in [0.717, 1.165) is 28.5 Å². The van der Waals surface area contributed by atoms with Crippen LogP contribution in [-0.4, -0.2) is 52.3 Å². The highest BCUT2D eigenvalue weighted by atomic mass is 16.2. The van der Waals surface area contributed by atoms with Gasteiger partial charge in [-0.25, -0.2) is 9.78 Å². The maximum Gasteiger partial charge on any atom is 0.321 e. The number of carbonyl (C=O) groups is 1. The van der Waals surface area contributed by atoms with Gasteiger partial charge in [0.15, 0.2) is 11.6 Å². The minimum absolute atomic E-state index is 0.0727. The van der Waals surface area contributed by atoms with Gasteiger partial charge in [0.1, 0.15) is 5.82 Å². The van der Waals surface area contributed by atoms with Crippen LogP contribution in [0.5, 0.6) is 0 Å². The number of hydrogen-bond donors (Lipinski definition) is 2. The van der Waals surface area contributed by atoms with Crippen LogP contribution < -0.4 is 15.5 Å². The number of aromatic nitrogens is 3. The second-order valence-electron chi connectivity index (χ2n) is 7.39. The minimum atomic E-state index is -0.0727. The molecule has 2 amide bonds. The third-order valence-electron chi connectivity index (χ3n) is 4.98. The molecule has 0 saturated carbocycles. The van der Waals surface area contributed by atoms with Crippen LogP contribution in [0.4, 0.5) is 27.9 Å². The number of benzene rings is 1. The van der Waals surface area contributed by atoms with Gasteiger partial charge in [-0.05, 0) is 61.4 Å². The van der Waals surface area contributed by atoms with Gasteiger partial charge in [0.25, 0.3) is 0 Å². The van der Waals surface area contributed by atoms with Gasteiger partial charge in [-0.1, -0.05) is 12.1 Å². The summed E-state index contributed by atoms with van der Waals surface area (Å²) in [7, 11) is 0. The Hall–Kier alpha value is -3.68. The second-order valence-corrected chi connectivity index (χ2v) is 7.39.